The van der Waals surface area contributed by atoms with Crippen LogP contribution in [0.15, 0.2) is 36.4 Å². The molecule has 2 nitrogen and oxygen atoms in total. The van der Waals surface area contributed by atoms with Gasteiger partial charge in [0.2, 0.25) is 0 Å². The molecule has 0 radical (unpaired) electrons. The highest BCUT2D eigenvalue weighted by Gasteiger charge is 2.16. The second-order valence-electron chi connectivity index (χ2n) is 5.19. The molecule has 0 aliphatic carbocycles. The molecular formula is C18H20O2. The largest absolute Gasteiger partial charge is 0.496 e. The Morgan fingerprint density at radius 1 is 1.05 bits per heavy atom. The number of ether oxygens (including phenoxy) is 1. The Balaban J connectivity index is 2.37. The molecule has 0 spiro atoms. The van der Waals surface area contributed by atoms with Gasteiger partial charge in [-0.25, -0.2) is 0 Å². The van der Waals surface area contributed by atoms with Gasteiger partial charge in [-0.15, -0.1) is 0 Å². The number of aryl methyl sites for hydroxylation is 3. The Hall–Kier alpha value is -2.09. The van der Waals surface area contributed by atoms with E-state index in [-0.39, 0.29) is 5.78 Å². The zero-order valence-corrected chi connectivity index (χ0v) is 12.5. The van der Waals surface area contributed by atoms with Gasteiger partial charge in [-0.3, -0.25) is 4.79 Å². The number of rotatable bonds is 4. The van der Waals surface area contributed by atoms with Crippen LogP contribution in [0.4, 0.5) is 0 Å². The minimum absolute atomic E-state index is 0.105. The fraction of sp³-hybridized carbons (Fsp3) is 0.278. The van der Waals surface area contributed by atoms with Crippen molar-refractivity contribution in [3.63, 3.8) is 0 Å². The molecule has 0 saturated carbocycles. The van der Waals surface area contributed by atoms with Crippen LogP contribution in [0, 0.1) is 20.8 Å². The van der Waals surface area contributed by atoms with E-state index in [0.717, 1.165) is 22.3 Å². The van der Waals surface area contributed by atoms with Crippen LogP contribution in [0.3, 0.4) is 0 Å². The van der Waals surface area contributed by atoms with Gasteiger partial charge in [-0.05, 0) is 49.1 Å². The minimum Gasteiger partial charge on any atom is -0.496 e. The molecule has 20 heavy (non-hydrogen) atoms. The maximum Gasteiger partial charge on any atom is 0.171 e. The fourth-order valence-corrected chi connectivity index (χ4v) is 2.52. The minimum atomic E-state index is 0.105. The molecule has 0 aromatic heterocycles. The lowest BCUT2D eigenvalue weighted by atomic mass is 9.95. The first kappa shape index (κ1) is 14.3. The maximum atomic E-state index is 12.6. The maximum absolute atomic E-state index is 12.6. The van der Waals surface area contributed by atoms with Crippen molar-refractivity contribution < 1.29 is 9.53 Å². The van der Waals surface area contributed by atoms with Gasteiger partial charge in [0, 0.05) is 6.42 Å². The molecule has 0 aliphatic heterocycles. The van der Waals surface area contributed by atoms with Gasteiger partial charge in [0.1, 0.15) is 5.75 Å². The summed E-state index contributed by atoms with van der Waals surface area (Å²) in [6.45, 7) is 5.99. The standard InChI is InChI=1S/C18H20O2/c1-12-9-14(3)18(17(10-12)20-4)16(19)11-15-8-6-5-7-13(15)2/h5-10H,11H2,1-4H3. The van der Waals surface area contributed by atoms with Crippen LogP contribution >= 0.6 is 0 Å². The zero-order chi connectivity index (χ0) is 14.7. The van der Waals surface area contributed by atoms with Crippen molar-refractivity contribution in [3.8, 4) is 5.75 Å². The Morgan fingerprint density at radius 2 is 1.75 bits per heavy atom. The number of carbonyl (C=O) groups excluding carboxylic acids is 1. The predicted molar refractivity (Wildman–Crippen MR) is 81.7 cm³/mol. The molecule has 0 saturated heterocycles. The summed E-state index contributed by atoms with van der Waals surface area (Å²) in [5, 5.41) is 0. The first-order chi connectivity index (χ1) is 9.52. The lowest BCUT2D eigenvalue weighted by molar-refractivity contribution is 0.0989. The van der Waals surface area contributed by atoms with E-state index < -0.39 is 0 Å². The van der Waals surface area contributed by atoms with Gasteiger partial charge in [0.15, 0.2) is 5.78 Å². The first-order valence-electron chi connectivity index (χ1n) is 6.76. The molecule has 2 rings (SSSR count). The van der Waals surface area contributed by atoms with E-state index in [1.807, 2.05) is 57.2 Å². The lowest BCUT2D eigenvalue weighted by Crippen LogP contribution is -2.09. The van der Waals surface area contributed by atoms with E-state index in [1.165, 1.54) is 0 Å². The summed E-state index contributed by atoms with van der Waals surface area (Å²) in [6, 6.07) is 11.9. The summed E-state index contributed by atoms with van der Waals surface area (Å²) >= 11 is 0. The van der Waals surface area contributed by atoms with Crippen molar-refractivity contribution in [1.82, 2.24) is 0 Å². The van der Waals surface area contributed by atoms with Gasteiger partial charge < -0.3 is 4.74 Å². The predicted octanol–water partition coefficient (Wildman–Crippen LogP) is 4.05. The fourth-order valence-electron chi connectivity index (χ4n) is 2.52. The van der Waals surface area contributed by atoms with E-state index in [2.05, 4.69) is 0 Å². The topological polar surface area (TPSA) is 26.3 Å². The molecule has 0 bridgehead atoms. The van der Waals surface area contributed by atoms with Gasteiger partial charge in [-0.1, -0.05) is 30.3 Å². The van der Waals surface area contributed by atoms with Crippen molar-refractivity contribution in [2.75, 3.05) is 7.11 Å². The summed E-state index contributed by atoms with van der Waals surface area (Å²) in [4.78, 5) is 12.6. The quantitative estimate of drug-likeness (QED) is 0.782. The lowest BCUT2D eigenvalue weighted by Gasteiger charge is -2.13. The summed E-state index contributed by atoms with van der Waals surface area (Å²) in [7, 11) is 1.61. The number of Topliss-reactive ketones (excluding diaryl/α,β-unsaturated/α-hetero) is 1. The Morgan fingerprint density at radius 3 is 2.40 bits per heavy atom. The van der Waals surface area contributed by atoms with E-state index in [4.69, 9.17) is 4.74 Å². The number of carbonyl (C=O) groups is 1. The Bertz CT molecular complexity index is 642. The average Bonchev–Trinajstić information content (AvgIpc) is 2.40. The van der Waals surface area contributed by atoms with Crippen LogP contribution in [-0.2, 0) is 6.42 Å². The van der Waals surface area contributed by atoms with E-state index in [0.29, 0.717) is 17.7 Å². The van der Waals surface area contributed by atoms with Gasteiger partial charge in [0.05, 0.1) is 12.7 Å². The third-order valence-electron chi connectivity index (χ3n) is 3.55. The van der Waals surface area contributed by atoms with Crippen LogP contribution in [0.1, 0.15) is 32.6 Å². The van der Waals surface area contributed by atoms with Crippen molar-refractivity contribution in [3.05, 3.63) is 64.2 Å². The number of hydrogen-bond acceptors (Lipinski definition) is 2. The number of ketones is 1. The highest BCUT2D eigenvalue weighted by atomic mass is 16.5. The van der Waals surface area contributed by atoms with Gasteiger partial charge in [-0.2, -0.15) is 0 Å². The molecule has 0 atom stereocenters. The number of hydrogen-bond donors (Lipinski definition) is 0. The highest BCUT2D eigenvalue weighted by molar-refractivity contribution is 6.01. The van der Waals surface area contributed by atoms with Crippen LogP contribution in [0.5, 0.6) is 5.75 Å². The molecule has 0 amide bonds. The summed E-state index contributed by atoms with van der Waals surface area (Å²) < 4.78 is 5.38. The van der Waals surface area contributed by atoms with Gasteiger partial charge in [0.25, 0.3) is 0 Å². The number of methoxy groups -OCH3 is 1. The molecule has 2 heteroatoms. The van der Waals surface area contributed by atoms with E-state index >= 15 is 0 Å². The van der Waals surface area contributed by atoms with Crippen LogP contribution < -0.4 is 4.74 Å². The Kier molecular flexibility index (Phi) is 4.23. The third-order valence-corrected chi connectivity index (χ3v) is 3.55. The molecule has 0 unspecified atom stereocenters. The molecule has 2 aromatic carbocycles. The average molecular weight is 268 g/mol. The SMILES string of the molecule is COc1cc(C)cc(C)c1C(=O)Cc1ccccc1C. The Labute approximate surface area is 120 Å². The molecule has 0 N–H and O–H groups in total. The molecule has 104 valence electrons. The zero-order valence-electron chi connectivity index (χ0n) is 12.5. The van der Waals surface area contributed by atoms with Crippen molar-refractivity contribution >= 4 is 5.78 Å². The van der Waals surface area contributed by atoms with Crippen LogP contribution in [0.25, 0.3) is 0 Å². The second kappa shape index (κ2) is 5.91. The summed E-state index contributed by atoms with van der Waals surface area (Å²) in [5.74, 6) is 0.773. The third kappa shape index (κ3) is 2.90. The van der Waals surface area contributed by atoms with E-state index in [1.54, 1.807) is 7.11 Å². The molecule has 0 heterocycles. The molecule has 0 fully saturated rings. The summed E-state index contributed by atoms with van der Waals surface area (Å²) in [5.41, 5.74) is 4.98. The van der Waals surface area contributed by atoms with Crippen LogP contribution in [-0.4, -0.2) is 12.9 Å². The summed E-state index contributed by atoms with van der Waals surface area (Å²) in [6.07, 6.45) is 0.410. The molecule has 2 aromatic rings. The van der Waals surface area contributed by atoms with Gasteiger partial charge >= 0.3 is 0 Å². The first-order valence-corrected chi connectivity index (χ1v) is 6.76. The van der Waals surface area contributed by atoms with Crippen molar-refractivity contribution in [2.45, 2.75) is 27.2 Å². The van der Waals surface area contributed by atoms with E-state index in [9.17, 15) is 4.79 Å². The second-order valence-corrected chi connectivity index (χ2v) is 5.19. The van der Waals surface area contributed by atoms with Crippen molar-refractivity contribution in [2.24, 2.45) is 0 Å². The monoisotopic (exact) mass is 268 g/mol. The number of benzene rings is 2. The highest BCUT2D eigenvalue weighted by Crippen LogP contribution is 2.26. The van der Waals surface area contributed by atoms with Crippen molar-refractivity contribution in [1.29, 1.82) is 0 Å². The molecule has 0 aliphatic rings. The normalized spacial score (nSPS) is 10.4. The molecular weight excluding hydrogens is 248 g/mol. The smallest absolute Gasteiger partial charge is 0.171 e. The van der Waals surface area contributed by atoms with Crippen LogP contribution in [0.2, 0.25) is 0 Å².